The Morgan fingerprint density at radius 3 is 2.20 bits per heavy atom. The molecule has 5 nitrogen and oxygen atoms in total. The summed E-state index contributed by atoms with van der Waals surface area (Å²) in [6.45, 7) is 8.26. The van der Waals surface area contributed by atoms with E-state index in [2.05, 4.69) is 56.7 Å². The lowest BCUT2D eigenvalue weighted by Gasteiger charge is -2.14. The first-order chi connectivity index (χ1) is 11.5. The monoisotopic (exact) mass is 361 g/mol. The standard InChI is InChI=1S/C12H16N.C7H8O4S/c1-9-12(2,3)10-7-5-6-8-11(10)13(9)4;1-5-2-3-6(8)4-7(5)12(9,10)11/h5-8H,1-4H3;2-4,8H,1H3,(H,9,10,11)/q+1;/p-1. The van der Waals surface area contributed by atoms with Crippen molar-refractivity contribution in [3.8, 4) is 5.75 Å². The van der Waals surface area contributed by atoms with E-state index in [9.17, 15) is 13.0 Å². The van der Waals surface area contributed by atoms with Gasteiger partial charge in [-0.2, -0.15) is 0 Å². The second-order valence-electron chi connectivity index (χ2n) is 6.69. The van der Waals surface area contributed by atoms with Gasteiger partial charge in [0.1, 0.15) is 22.9 Å². The van der Waals surface area contributed by atoms with Gasteiger partial charge >= 0.3 is 0 Å². The third-order valence-electron chi connectivity index (χ3n) is 4.79. The van der Waals surface area contributed by atoms with Gasteiger partial charge in [0.25, 0.3) is 0 Å². The van der Waals surface area contributed by atoms with Gasteiger partial charge < -0.3 is 9.66 Å². The Balaban J connectivity index is 0.000000181. The summed E-state index contributed by atoms with van der Waals surface area (Å²) in [6.07, 6.45) is 0. The van der Waals surface area contributed by atoms with Crippen LogP contribution in [-0.4, -0.2) is 35.4 Å². The molecule has 6 heteroatoms. The number of aryl methyl sites for hydroxylation is 1. The van der Waals surface area contributed by atoms with E-state index >= 15 is 0 Å². The highest BCUT2D eigenvalue weighted by Crippen LogP contribution is 2.38. The molecule has 0 saturated carbocycles. The second kappa shape index (κ2) is 6.61. The van der Waals surface area contributed by atoms with Gasteiger partial charge in [0.15, 0.2) is 5.71 Å². The summed E-state index contributed by atoms with van der Waals surface area (Å²) in [4.78, 5) is -0.373. The summed E-state index contributed by atoms with van der Waals surface area (Å²) in [7, 11) is -2.32. The van der Waals surface area contributed by atoms with Crippen molar-refractivity contribution in [2.45, 2.75) is 38.0 Å². The zero-order valence-corrected chi connectivity index (χ0v) is 15.9. The van der Waals surface area contributed by atoms with Crippen molar-refractivity contribution < 1.29 is 22.7 Å². The predicted molar refractivity (Wildman–Crippen MR) is 96.8 cm³/mol. The molecule has 0 fully saturated rings. The van der Waals surface area contributed by atoms with E-state index in [1.54, 1.807) is 0 Å². The van der Waals surface area contributed by atoms with E-state index in [0.717, 1.165) is 6.07 Å². The van der Waals surface area contributed by atoms with E-state index in [0.29, 0.717) is 5.56 Å². The van der Waals surface area contributed by atoms with Crippen LogP contribution in [0.25, 0.3) is 0 Å². The number of hydrogen-bond donors (Lipinski definition) is 1. The van der Waals surface area contributed by atoms with Crippen molar-refractivity contribution in [1.29, 1.82) is 0 Å². The molecule has 1 N–H and O–H groups in total. The number of hydrogen-bond acceptors (Lipinski definition) is 4. The number of phenolic OH excluding ortho intramolecular Hbond substituents is 1. The fourth-order valence-corrected chi connectivity index (χ4v) is 3.68. The number of fused-ring (bicyclic) bond motifs is 1. The van der Waals surface area contributed by atoms with E-state index in [4.69, 9.17) is 5.11 Å². The smallest absolute Gasteiger partial charge is 0.209 e. The van der Waals surface area contributed by atoms with Gasteiger partial charge in [-0.1, -0.05) is 24.3 Å². The second-order valence-corrected chi connectivity index (χ2v) is 8.04. The van der Waals surface area contributed by atoms with Crippen molar-refractivity contribution in [1.82, 2.24) is 0 Å². The molecule has 1 aliphatic rings. The number of aromatic hydroxyl groups is 1. The summed E-state index contributed by atoms with van der Waals surface area (Å²) in [6, 6.07) is 12.3. The van der Waals surface area contributed by atoms with Crippen molar-refractivity contribution in [3.63, 3.8) is 0 Å². The summed E-state index contributed by atoms with van der Waals surface area (Å²) < 4.78 is 33.9. The molecule has 0 amide bonds. The minimum absolute atomic E-state index is 0.200. The molecular formula is C19H23NO4S. The van der Waals surface area contributed by atoms with Gasteiger partial charge in [0.05, 0.1) is 10.3 Å². The van der Waals surface area contributed by atoms with Crippen LogP contribution in [0, 0.1) is 6.92 Å². The zero-order chi connectivity index (χ0) is 19.0. The quantitative estimate of drug-likeness (QED) is 0.624. The number of para-hydroxylation sites is 1. The van der Waals surface area contributed by atoms with E-state index in [1.165, 1.54) is 36.0 Å². The average molecular weight is 361 g/mol. The van der Waals surface area contributed by atoms with Crippen LogP contribution in [0.5, 0.6) is 5.75 Å². The van der Waals surface area contributed by atoms with E-state index < -0.39 is 10.1 Å². The van der Waals surface area contributed by atoms with E-state index in [1.807, 2.05) is 0 Å². The molecule has 0 atom stereocenters. The van der Waals surface area contributed by atoms with Crippen LogP contribution < -0.4 is 0 Å². The van der Waals surface area contributed by atoms with Gasteiger partial charge in [0.2, 0.25) is 5.69 Å². The fourth-order valence-electron chi connectivity index (χ4n) is 2.95. The molecule has 0 aliphatic carbocycles. The summed E-state index contributed by atoms with van der Waals surface area (Å²) >= 11 is 0. The Labute approximate surface area is 149 Å². The minimum atomic E-state index is -4.47. The molecule has 0 spiro atoms. The molecular weight excluding hydrogens is 338 g/mol. The first-order valence-electron chi connectivity index (χ1n) is 7.89. The summed E-state index contributed by atoms with van der Waals surface area (Å²) in [5.74, 6) is -0.227. The number of nitrogens with zero attached hydrogens (tertiary/aromatic N) is 1. The molecule has 0 saturated heterocycles. The molecule has 2 aromatic rings. The third-order valence-corrected chi connectivity index (χ3v) is 5.77. The van der Waals surface area contributed by atoms with Crippen LogP contribution >= 0.6 is 0 Å². The average Bonchev–Trinajstić information content (AvgIpc) is 2.71. The predicted octanol–water partition coefficient (Wildman–Crippen LogP) is 3.32. The normalized spacial score (nSPS) is 15.4. The first-order valence-corrected chi connectivity index (χ1v) is 9.30. The van der Waals surface area contributed by atoms with Crippen LogP contribution in [0.4, 0.5) is 5.69 Å². The molecule has 2 aromatic carbocycles. The first kappa shape index (κ1) is 19.1. The molecule has 0 unspecified atom stereocenters. The molecule has 1 heterocycles. The zero-order valence-electron chi connectivity index (χ0n) is 15.1. The van der Waals surface area contributed by atoms with Crippen molar-refractivity contribution >= 4 is 21.5 Å². The highest BCUT2D eigenvalue weighted by Gasteiger charge is 2.40. The molecule has 0 radical (unpaired) electrons. The number of phenols is 1. The number of benzene rings is 2. The molecule has 0 bridgehead atoms. The maximum absolute atomic E-state index is 10.5. The molecule has 1 aliphatic heterocycles. The maximum atomic E-state index is 10.5. The Morgan fingerprint density at radius 2 is 1.68 bits per heavy atom. The van der Waals surface area contributed by atoms with Gasteiger partial charge in [0, 0.05) is 18.6 Å². The topological polar surface area (TPSA) is 80.4 Å². The van der Waals surface area contributed by atoms with Gasteiger partial charge in [-0.3, -0.25) is 0 Å². The van der Waals surface area contributed by atoms with Crippen LogP contribution in [0.2, 0.25) is 0 Å². The molecule has 25 heavy (non-hydrogen) atoms. The van der Waals surface area contributed by atoms with E-state index in [-0.39, 0.29) is 16.1 Å². The fraction of sp³-hybridized carbons (Fsp3) is 0.316. The molecule has 3 rings (SSSR count). The lowest BCUT2D eigenvalue weighted by molar-refractivity contribution is -0.403. The van der Waals surface area contributed by atoms with Crippen LogP contribution in [0.1, 0.15) is 31.9 Å². The summed E-state index contributed by atoms with van der Waals surface area (Å²) in [5, 5.41) is 8.90. The van der Waals surface area contributed by atoms with Crippen LogP contribution in [0.15, 0.2) is 47.4 Å². The van der Waals surface area contributed by atoms with Crippen LogP contribution in [0.3, 0.4) is 0 Å². The Bertz CT molecular complexity index is 944. The SMILES string of the molecule is CC1=[N+](C)c2ccccc2C1(C)C.Cc1ccc(O)cc1S(=O)(=O)[O-]. The van der Waals surface area contributed by atoms with Crippen LogP contribution in [-0.2, 0) is 15.5 Å². The largest absolute Gasteiger partial charge is 0.744 e. The Kier molecular flexibility index (Phi) is 5.06. The van der Waals surface area contributed by atoms with Crippen molar-refractivity contribution in [2.75, 3.05) is 7.05 Å². The highest BCUT2D eigenvalue weighted by molar-refractivity contribution is 7.85. The maximum Gasteiger partial charge on any atom is 0.209 e. The van der Waals surface area contributed by atoms with Gasteiger partial charge in [-0.15, -0.1) is 0 Å². The molecule has 0 aromatic heterocycles. The van der Waals surface area contributed by atoms with Crippen molar-refractivity contribution in [3.05, 3.63) is 53.6 Å². The summed E-state index contributed by atoms with van der Waals surface area (Å²) in [5.41, 5.74) is 4.75. The Morgan fingerprint density at radius 1 is 1.08 bits per heavy atom. The van der Waals surface area contributed by atoms with Crippen molar-refractivity contribution in [2.24, 2.45) is 0 Å². The Hall–Kier alpha value is -2.18. The van der Waals surface area contributed by atoms with Gasteiger partial charge in [-0.05, 0) is 38.5 Å². The highest BCUT2D eigenvalue weighted by atomic mass is 32.2. The lowest BCUT2D eigenvalue weighted by atomic mass is 9.82. The molecule has 134 valence electrons. The minimum Gasteiger partial charge on any atom is -0.744 e. The lowest BCUT2D eigenvalue weighted by Crippen LogP contribution is -2.25. The number of rotatable bonds is 1. The third kappa shape index (κ3) is 3.75. The van der Waals surface area contributed by atoms with Gasteiger partial charge in [-0.25, -0.2) is 13.0 Å².